The molecular weight excluding hydrogens is 332 g/mol. The van der Waals surface area contributed by atoms with Crippen molar-refractivity contribution in [3.8, 4) is 0 Å². The number of nitrogens with one attached hydrogen (secondary N) is 2. The van der Waals surface area contributed by atoms with Crippen molar-refractivity contribution in [2.45, 2.75) is 6.42 Å². The second-order valence-electron chi connectivity index (χ2n) is 3.77. The van der Waals surface area contributed by atoms with Gasteiger partial charge in [0.2, 0.25) is 0 Å². The molecule has 0 aliphatic rings. The lowest BCUT2D eigenvalue weighted by molar-refractivity contribution is -0.159. The first-order valence-corrected chi connectivity index (χ1v) is 6.33. The van der Waals surface area contributed by atoms with Crippen LogP contribution in [0.3, 0.4) is 0 Å². The fourth-order valence-electron chi connectivity index (χ4n) is 1.55. The molecule has 5 N–H and O–H groups in total. The predicted molar refractivity (Wildman–Crippen MR) is 74.8 cm³/mol. The van der Waals surface area contributed by atoms with Crippen LogP contribution in [-0.4, -0.2) is 38.9 Å². The van der Waals surface area contributed by atoms with Gasteiger partial charge in [-0.1, -0.05) is 15.9 Å². The molecule has 0 fully saturated rings. The highest BCUT2D eigenvalue weighted by molar-refractivity contribution is 9.10. The van der Waals surface area contributed by atoms with Crippen molar-refractivity contribution >= 4 is 38.8 Å². The van der Waals surface area contributed by atoms with Crippen LogP contribution in [0.1, 0.15) is 5.56 Å². The standard InChI is InChI=1S/C10H11BrN2O.C2H2O4/c11-8-1-2-10-9(5-8)7(6-12-10)3-4-13-14;3-1(4)2(5)6/h1-2,5-6,12-14H,3-4H2;(H,3,4)(H,5,6). The summed E-state index contributed by atoms with van der Waals surface area (Å²) in [7, 11) is 0. The van der Waals surface area contributed by atoms with E-state index in [1.807, 2.05) is 18.3 Å². The maximum Gasteiger partial charge on any atom is 0.414 e. The van der Waals surface area contributed by atoms with E-state index < -0.39 is 11.9 Å². The number of aromatic nitrogens is 1. The van der Waals surface area contributed by atoms with Gasteiger partial charge in [0.15, 0.2) is 0 Å². The molecule has 108 valence electrons. The Morgan fingerprint density at radius 2 is 1.90 bits per heavy atom. The van der Waals surface area contributed by atoms with E-state index in [2.05, 4.69) is 32.5 Å². The molecule has 0 spiro atoms. The number of rotatable bonds is 3. The quantitative estimate of drug-likeness (QED) is 0.425. The van der Waals surface area contributed by atoms with Crippen molar-refractivity contribution in [3.05, 3.63) is 34.4 Å². The third-order valence-corrected chi connectivity index (χ3v) is 2.91. The lowest BCUT2D eigenvalue weighted by Crippen LogP contribution is -2.10. The Balaban J connectivity index is 0.000000286. The molecular formula is C12H13BrN2O5. The third kappa shape index (κ3) is 4.65. The second-order valence-corrected chi connectivity index (χ2v) is 4.69. The summed E-state index contributed by atoms with van der Waals surface area (Å²) in [6.07, 6.45) is 2.79. The first-order valence-electron chi connectivity index (χ1n) is 5.54. The van der Waals surface area contributed by atoms with E-state index in [0.29, 0.717) is 6.54 Å². The number of hydrogen-bond donors (Lipinski definition) is 5. The number of aliphatic carboxylic acids is 2. The van der Waals surface area contributed by atoms with Gasteiger partial charge in [0.05, 0.1) is 0 Å². The number of aromatic amines is 1. The van der Waals surface area contributed by atoms with Gasteiger partial charge in [-0.2, -0.15) is 0 Å². The molecule has 7 nitrogen and oxygen atoms in total. The minimum absolute atomic E-state index is 0.569. The summed E-state index contributed by atoms with van der Waals surface area (Å²) in [4.78, 5) is 21.4. The fraction of sp³-hybridized carbons (Fsp3) is 0.167. The van der Waals surface area contributed by atoms with E-state index in [0.717, 1.165) is 16.4 Å². The van der Waals surface area contributed by atoms with Crippen molar-refractivity contribution in [2.24, 2.45) is 0 Å². The van der Waals surface area contributed by atoms with Gasteiger partial charge in [0, 0.05) is 28.1 Å². The van der Waals surface area contributed by atoms with Gasteiger partial charge >= 0.3 is 11.9 Å². The maximum atomic E-state index is 9.10. The Morgan fingerprint density at radius 1 is 1.25 bits per heavy atom. The second kappa shape index (κ2) is 7.63. The largest absolute Gasteiger partial charge is 0.473 e. The Labute approximate surface area is 122 Å². The highest BCUT2D eigenvalue weighted by atomic mass is 79.9. The number of fused-ring (bicyclic) bond motifs is 1. The number of halogens is 1. The zero-order chi connectivity index (χ0) is 15.1. The van der Waals surface area contributed by atoms with Crippen LogP contribution < -0.4 is 5.48 Å². The molecule has 0 aliphatic heterocycles. The molecule has 0 saturated heterocycles. The average Bonchev–Trinajstić information content (AvgIpc) is 2.79. The average molecular weight is 345 g/mol. The molecule has 1 heterocycles. The molecule has 1 aromatic carbocycles. The Bertz CT molecular complexity index is 599. The number of benzene rings is 1. The molecule has 0 bridgehead atoms. The lowest BCUT2D eigenvalue weighted by atomic mass is 10.1. The van der Waals surface area contributed by atoms with Gasteiger partial charge in [0.25, 0.3) is 0 Å². The van der Waals surface area contributed by atoms with Gasteiger partial charge in [0.1, 0.15) is 0 Å². The molecule has 0 atom stereocenters. The van der Waals surface area contributed by atoms with E-state index in [4.69, 9.17) is 25.0 Å². The number of carboxylic acid groups (broad SMARTS) is 2. The Kier molecular flexibility index (Phi) is 6.16. The SMILES string of the molecule is O=C(O)C(=O)O.ONCCc1c[nH]c2ccc(Br)cc12. The van der Waals surface area contributed by atoms with Crippen molar-refractivity contribution in [3.63, 3.8) is 0 Å². The van der Waals surface area contributed by atoms with Gasteiger partial charge < -0.3 is 20.4 Å². The summed E-state index contributed by atoms with van der Waals surface area (Å²) in [5.74, 6) is -3.65. The Hall–Kier alpha value is -1.90. The van der Waals surface area contributed by atoms with E-state index in [1.54, 1.807) is 0 Å². The summed E-state index contributed by atoms with van der Waals surface area (Å²) in [6.45, 7) is 0.569. The molecule has 8 heteroatoms. The van der Waals surface area contributed by atoms with Crippen molar-refractivity contribution in [1.82, 2.24) is 10.5 Å². The zero-order valence-electron chi connectivity index (χ0n) is 10.3. The summed E-state index contributed by atoms with van der Waals surface area (Å²) in [5, 5.41) is 24.5. The van der Waals surface area contributed by atoms with E-state index in [1.165, 1.54) is 10.9 Å². The maximum absolute atomic E-state index is 9.10. The van der Waals surface area contributed by atoms with E-state index in [9.17, 15) is 0 Å². The number of hydroxylamine groups is 1. The minimum atomic E-state index is -1.82. The van der Waals surface area contributed by atoms with Crippen LogP contribution in [0.15, 0.2) is 28.9 Å². The first-order chi connectivity index (χ1) is 9.45. The third-order valence-electron chi connectivity index (χ3n) is 2.42. The molecule has 1 aromatic heterocycles. The monoisotopic (exact) mass is 344 g/mol. The number of carboxylic acids is 2. The number of hydrogen-bond acceptors (Lipinski definition) is 4. The van der Waals surface area contributed by atoms with Crippen molar-refractivity contribution in [1.29, 1.82) is 0 Å². The summed E-state index contributed by atoms with van der Waals surface area (Å²) in [5.41, 5.74) is 4.50. The van der Waals surface area contributed by atoms with E-state index in [-0.39, 0.29) is 0 Å². The van der Waals surface area contributed by atoms with Crippen LogP contribution in [-0.2, 0) is 16.0 Å². The van der Waals surface area contributed by atoms with Crippen LogP contribution >= 0.6 is 15.9 Å². The highest BCUT2D eigenvalue weighted by Crippen LogP contribution is 2.22. The number of carbonyl (C=O) groups is 2. The highest BCUT2D eigenvalue weighted by Gasteiger charge is 2.04. The molecule has 0 unspecified atom stereocenters. The van der Waals surface area contributed by atoms with Gasteiger partial charge in [-0.25, -0.2) is 15.1 Å². The molecule has 0 aliphatic carbocycles. The van der Waals surface area contributed by atoms with Crippen molar-refractivity contribution < 1.29 is 25.0 Å². The molecule has 20 heavy (non-hydrogen) atoms. The summed E-state index contributed by atoms with van der Waals surface area (Å²) in [6, 6.07) is 6.13. The fourth-order valence-corrected chi connectivity index (χ4v) is 1.91. The first kappa shape index (κ1) is 16.2. The van der Waals surface area contributed by atoms with Gasteiger partial charge in [-0.15, -0.1) is 0 Å². The summed E-state index contributed by atoms with van der Waals surface area (Å²) < 4.78 is 1.07. The molecule has 0 amide bonds. The molecule has 0 saturated carbocycles. The molecule has 2 aromatic rings. The number of H-pyrrole nitrogens is 1. The van der Waals surface area contributed by atoms with Crippen LogP contribution in [0.5, 0.6) is 0 Å². The minimum Gasteiger partial charge on any atom is -0.473 e. The molecule has 2 rings (SSSR count). The van der Waals surface area contributed by atoms with Gasteiger partial charge in [-0.3, -0.25) is 0 Å². The van der Waals surface area contributed by atoms with Crippen LogP contribution in [0, 0.1) is 0 Å². The Morgan fingerprint density at radius 3 is 2.45 bits per heavy atom. The predicted octanol–water partition coefficient (Wildman–Crippen LogP) is 1.61. The van der Waals surface area contributed by atoms with Crippen molar-refractivity contribution in [2.75, 3.05) is 6.54 Å². The van der Waals surface area contributed by atoms with Gasteiger partial charge in [-0.05, 0) is 30.2 Å². The zero-order valence-corrected chi connectivity index (χ0v) is 11.8. The molecule has 0 radical (unpaired) electrons. The normalized spacial score (nSPS) is 9.90. The topological polar surface area (TPSA) is 123 Å². The van der Waals surface area contributed by atoms with Crippen LogP contribution in [0.2, 0.25) is 0 Å². The summed E-state index contributed by atoms with van der Waals surface area (Å²) >= 11 is 3.44. The van der Waals surface area contributed by atoms with E-state index >= 15 is 0 Å². The lowest BCUT2D eigenvalue weighted by Gasteiger charge is -1.98. The van der Waals surface area contributed by atoms with Crippen LogP contribution in [0.4, 0.5) is 0 Å². The van der Waals surface area contributed by atoms with Crippen LogP contribution in [0.25, 0.3) is 10.9 Å². The smallest absolute Gasteiger partial charge is 0.414 e.